The molecule has 2 aromatic rings. The third kappa shape index (κ3) is 3.24. The first-order valence-corrected chi connectivity index (χ1v) is 6.71. The molecular formula is C13H13BrN4O2. The van der Waals surface area contributed by atoms with Crippen LogP contribution in [0.3, 0.4) is 0 Å². The lowest BCUT2D eigenvalue weighted by Crippen LogP contribution is -2.15. The Balaban J connectivity index is 2.25. The van der Waals surface area contributed by atoms with Crippen molar-refractivity contribution in [3.8, 4) is 5.75 Å². The Bertz CT molecular complexity index is 616. The van der Waals surface area contributed by atoms with Gasteiger partial charge in [-0.2, -0.15) is 0 Å². The van der Waals surface area contributed by atoms with E-state index < -0.39 is 0 Å². The van der Waals surface area contributed by atoms with E-state index in [1.54, 1.807) is 18.2 Å². The molecule has 0 aliphatic rings. The van der Waals surface area contributed by atoms with Crippen LogP contribution in [0, 0.1) is 0 Å². The van der Waals surface area contributed by atoms with Crippen LogP contribution in [-0.2, 0) is 0 Å². The number of hydrogen-bond acceptors (Lipinski definition) is 5. The number of nitrogens with one attached hydrogen (secondary N) is 1. The highest BCUT2D eigenvalue weighted by atomic mass is 79.9. The van der Waals surface area contributed by atoms with Gasteiger partial charge in [0.1, 0.15) is 4.60 Å². The number of anilines is 2. The summed E-state index contributed by atoms with van der Waals surface area (Å²) in [5.74, 6) is 0.373. The molecule has 0 aliphatic heterocycles. The topological polar surface area (TPSA) is 90.1 Å². The first-order valence-electron chi connectivity index (χ1n) is 5.92. The zero-order chi connectivity index (χ0) is 14.5. The number of rotatable bonds is 4. The van der Waals surface area contributed by atoms with Crippen molar-refractivity contribution in [3.05, 3.63) is 40.8 Å². The normalized spacial score (nSPS) is 10.1. The molecule has 1 amide bonds. The lowest BCUT2D eigenvalue weighted by atomic mass is 10.1. The molecule has 0 saturated carbocycles. The van der Waals surface area contributed by atoms with Crippen molar-refractivity contribution < 1.29 is 9.53 Å². The van der Waals surface area contributed by atoms with E-state index in [0.717, 1.165) is 0 Å². The molecule has 0 spiro atoms. The molecule has 20 heavy (non-hydrogen) atoms. The third-order valence-corrected chi connectivity index (χ3v) is 2.85. The molecule has 104 valence electrons. The fourth-order valence-electron chi connectivity index (χ4n) is 1.60. The van der Waals surface area contributed by atoms with Crippen LogP contribution in [0.25, 0.3) is 0 Å². The van der Waals surface area contributed by atoms with Crippen molar-refractivity contribution >= 4 is 33.3 Å². The summed E-state index contributed by atoms with van der Waals surface area (Å²) in [4.78, 5) is 20.2. The highest BCUT2D eigenvalue weighted by molar-refractivity contribution is 9.10. The summed E-state index contributed by atoms with van der Waals surface area (Å²) in [6, 6.07) is 5.02. The number of halogens is 1. The molecule has 0 aliphatic carbocycles. The second kappa shape index (κ2) is 6.33. The molecule has 2 rings (SSSR count). The number of para-hydroxylation sites is 1. The highest BCUT2D eigenvalue weighted by Gasteiger charge is 2.15. The fraction of sp³-hybridized carbons (Fsp3) is 0.154. The van der Waals surface area contributed by atoms with Gasteiger partial charge in [0.05, 0.1) is 30.3 Å². The molecule has 1 heterocycles. The molecule has 1 aromatic heterocycles. The van der Waals surface area contributed by atoms with Crippen LogP contribution < -0.4 is 15.8 Å². The minimum absolute atomic E-state index is 0.350. The summed E-state index contributed by atoms with van der Waals surface area (Å²) in [5, 5.41) is 2.64. The van der Waals surface area contributed by atoms with Crippen LogP contribution >= 0.6 is 15.9 Å². The van der Waals surface area contributed by atoms with Gasteiger partial charge in [0, 0.05) is 0 Å². The number of carbonyl (C=O) groups is 1. The monoisotopic (exact) mass is 336 g/mol. The van der Waals surface area contributed by atoms with E-state index in [1.807, 2.05) is 6.92 Å². The van der Waals surface area contributed by atoms with Crippen molar-refractivity contribution in [2.45, 2.75) is 6.92 Å². The summed E-state index contributed by atoms with van der Waals surface area (Å²) >= 11 is 3.18. The maximum Gasteiger partial charge on any atom is 0.260 e. The Labute approximate surface area is 124 Å². The molecule has 0 radical (unpaired) electrons. The van der Waals surface area contributed by atoms with Crippen LogP contribution in [0.5, 0.6) is 5.75 Å². The van der Waals surface area contributed by atoms with Gasteiger partial charge < -0.3 is 15.8 Å². The van der Waals surface area contributed by atoms with E-state index in [2.05, 4.69) is 31.2 Å². The molecule has 1 aromatic carbocycles. The van der Waals surface area contributed by atoms with Crippen LogP contribution in [0.15, 0.2) is 35.2 Å². The van der Waals surface area contributed by atoms with Crippen molar-refractivity contribution in [2.75, 3.05) is 17.7 Å². The second-order valence-corrected chi connectivity index (χ2v) is 4.65. The number of nitrogens with zero attached hydrogens (tertiary/aromatic N) is 2. The zero-order valence-electron chi connectivity index (χ0n) is 10.8. The summed E-state index contributed by atoms with van der Waals surface area (Å²) < 4.78 is 6.01. The lowest BCUT2D eigenvalue weighted by molar-refractivity contribution is 0.102. The van der Waals surface area contributed by atoms with E-state index in [0.29, 0.717) is 34.0 Å². The van der Waals surface area contributed by atoms with Crippen LogP contribution in [-0.4, -0.2) is 22.5 Å². The van der Waals surface area contributed by atoms with Crippen molar-refractivity contribution in [2.24, 2.45) is 0 Å². The first-order chi connectivity index (χ1) is 9.61. The van der Waals surface area contributed by atoms with Gasteiger partial charge in [-0.1, -0.05) is 6.07 Å². The Kier molecular flexibility index (Phi) is 4.52. The van der Waals surface area contributed by atoms with Gasteiger partial charge in [0.15, 0.2) is 11.6 Å². The van der Waals surface area contributed by atoms with E-state index >= 15 is 0 Å². The molecule has 0 saturated heterocycles. The molecule has 0 unspecified atom stereocenters. The summed E-state index contributed by atoms with van der Waals surface area (Å²) in [6.45, 7) is 2.25. The van der Waals surface area contributed by atoms with E-state index in [1.165, 1.54) is 12.4 Å². The fourth-order valence-corrected chi connectivity index (χ4v) is 1.80. The molecule has 3 N–H and O–H groups in total. The molecular weight excluding hydrogens is 324 g/mol. The maximum absolute atomic E-state index is 12.2. The molecule has 0 atom stereocenters. The minimum atomic E-state index is -0.350. The third-order valence-electron chi connectivity index (χ3n) is 2.44. The standard InChI is InChI=1S/C13H13BrN4O2/c1-2-20-12-8(4-3-5-9(12)15)13(19)18-11-7-16-10(14)6-17-11/h3-7H,2,15H2,1H3,(H,17,18,19). The molecule has 0 bridgehead atoms. The quantitative estimate of drug-likeness (QED) is 0.837. The first kappa shape index (κ1) is 14.3. The number of hydrogen-bond donors (Lipinski definition) is 2. The predicted octanol–water partition coefficient (Wildman–Crippen LogP) is 2.47. The number of ether oxygens (including phenoxy) is 1. The van der Waals surface area contributed by atoms with Gasteiger partial charge in [-0.3, -0.25) is 4.79 Å². The Hall–Kier alpha value is -2.15. The van der Waals surface area contributed by atoms with E-state index in [4.69, 9.17) is 10.5 Å². The number of carbonyl (C=O) groups excluding carboxylic acids is 1. The number of amides is 1. The highest BCUT2D eigenvalue weighted by Crippen LogP contribution is 2.27. The smallest absolute Gasteiger partial charge is 0.260 e. The average molecular weight is 337 g/mol. The SMILES string of the molecule is CCOc1c(N)cccc1C(=O)Nc1cnc(Br)cn1. The van der Waals surface area contributed by atoms with Gasteiger partial charge in [-0.05, 0) is 35.0 Å². The second-order valence-electron chi connectivity index (χ2n) is 3.84. The Morgan fingerprint density at radius 1 is 1.40 bits per heavy atom. The van der Waals surface area contributed by atoms with Crippen LogP contribution in [0.1, 0.15) is 17.3 Å². The molecule has 7 heteroatoms. The van der Waals surface area contributed by atoms with E-state index in [-0.39, 0.29) is 5.91 Å². The van der Waals surface area contributed by atoms with E-state index in [9.17, 15) is 4.79 Å². The van der Waals surface area contributed by atoms with Crippen molar-refractivity contribution in [3.63, 3.8) is 0 Å². The van der Waals surface area contributed by atoms with Crippen LogP contribution in [0.4, 0.5) is 11.5 Å². The number of benzene rings is 1. The van der Waals surface area contributed by atoms with Gasteiger partial charge >= 0.3 is 0 Å². The molecule has 0 fully saturated rings. The summed E-state index contributed by atoms with van der Waals surface area (Å²) in [5.41, 5.74) is 6.60. The van der Waals surface area contributed by atoms with Crippen molar-refractivity contribution in [1.29, 1.82) is 0 Å². The summed E-state index contributed by atoms with van der Waals surface area (Å²) in [6.07, 6.45) is 2.95. The Morgan fingerprint density at radius 2 is 2.20 bits per heavy atom. The zero-order valence-corrected chi connectivity index (χ0v) is 12.3. The maximum atomic E-state index is 12.2. The lowest BCUT2D eigenvalue weighted by Gasteiger charge is -2.12. The number of nitrogen functional groups attached to an aromatic ring is 1. The Morgan fingerprint density at radius 3 is 2.85 bits per heavy atom. The average Bonchev–Trinajstić information content (AvgIpc) is 2.43. The number of nitrogens with two attached hydrogens (primary N) is 1. The largest absolute Gasteiger partial charge is 0.491 e. The molecule has 6 nitrogen and oxygen atoms in total. The van der Waals surface area contributed by atoms with Gasteiger partial charge in [0.25, 0.3) is 5.91 Å². The summed E-state index contributed by atoms with van der Waals surface area (Å²) in [7, 11) is 0. The minimum Gasteiger partial charge on any atom is -0.491 e. The van der Waals surface area contributed by atoms with Gasteiger partial charge in [0.2, 0.25) is 0 Å². The van der Waals surface area contributed by atoms with Crippen molar-refractivity contribution in [1.82, 2.24) is 9.97 Å². The van der Waals surface area contributed by atoms with Gasteiger partial charge in [-0.25, -0.2) is 9.97 Å². The predicted molar refractivity (Wildman–Crippen MR) is 79.7 cm³/mol. The number of aromatic nitrogens is 2. The van der Waals surface area contributed by atoms with Crippen LogP contribution in [0.2, 0.25) is 0 Å². The van der Waals surface area contributed by atoms with Gasteiger partial charge in [-0.15, -0.1) is 0 Å².